The number of rotatable bonds is 7. The SMILES string of the molecule is CCOC(=O)c1c(NC(=O)C[NH2+][C@@H](C)c2ccco2)sc2c1CCC2. The summed E-state index contributed by atoms with van der Waals surface area (Å²) in [6.45, 7) is 4.35. The van der Waals surface area contributed by atoms with Crippen LogP contribution in [0.1, 0.15) is 52.9 Å². The Morgan fingerprint density at radius 1 is 1.44 bits per heavy atom. The topological polar surface area (TPSA) is 85.1 Å². The highest BCUT2D eigenvalue weighted by Gasteiger charge is 2.28. The lowest BCUT2D eigenvalue weighted by molar-refractivity contribution is -0.684. The van der Waals surface area contributed by atoms with Crippen LogP contribution in [-0.4, -0.2) is 25.0 Å². The van der Waals surface area contributed by atoms with Gasteiger partial charge < -0.3 is 19.8 Å². The van der Waals surface area contributed by atoms with Crippen LogP contribution in [0.25, 0.3) is 0 Å². The van der Waals surface area contributed by atoms with Crippen LogP contribution in [0, 0.1) is 0 Å². The van der Waals surface area contributed by atoms with Gasteiger partial charge >= 0.3 is 5.97 Å². The van der Waals surface area contributed by atoms with Crippen LogP contribution in [0.4, 0.5) is 5.00 Å². The molecule has 0 saturated carbocycles. The van der Waals surface area contributed by atoms with Crippen LogP contribution in [0.2, 0.25) is 0 Å². The van der Waals surface area contributed by atoms with Crippen molar-refractivity contribution in [2.24, 2.45) is 0 Å². The van der Waals surface area contributed by atoms with Crippen molar-refractivity contribution in [2.45, 2.75) is 39.2 Å². The van der Waals surface area contributed by atoms with Crippen molar-refractivity contribution >= 4 is 28.2 Å². The second kappa shape index (κ2) is 7.84. The lowest BCUT2D eigenvalue weighted by atomic mass is 10.1. The van der Waals surface area contributed by atoms with Crippen molar-refractivity contribution in [3.8, 4) is 0 Å². The van der Waals surface area contributed by atoms with Crippen LogP contribution < -0.4 is 10.6 Å². The molecule has 0 fully saturated rings. The molecule has 2 heterocycles. The molecule has 6 nitrogen and oxygen atoms in total. The highest BCUT2D eigenvalue weighted by Crippen LogP contribution is 2.39. The summed E-state index contributed by atoms with van der Waals surface area (Å²) >= 11 is 1.50. The first kappa shape index (κ1) is 17.7. The predicted octanol–water partition coefficient (Wildman–Crippen LogP) is 2.27. The lowest BCUT2D eigenvalue weighted by Crippen LogP contribution is -2.86. The van der Waals surface area contributed by atoms with Gasteiger partial charge in [0.15, 0.2) is 12.3 Å². The van der Waals surface area contributed by atoms with Gasteiger partial charge in [0.05, 0.1) is 18.4 Å². The van der Waals surface area contributed by atoms with Crippen molar-refractivity contribution in [3.63, 3.8) is 0 Å². The quantitative estimate of drug-likeness (QED) is 0.739. The average Bonchev–Trinajstić information content (AvgIpc) is 3.29. The van der Waals surface area contributed by atoms with E-state index in [1.54, 1.807) is 13.2 Å². The van der Waals surface area contributed by atoms with Crippen LogP contribution in [-0.2, 0) is 22.4 Å². The second-order valence-corrected chi connectivity index (χ2v) is 7.18. The monoisotopic (exact) mass is 363 g/mol. The number of ether oxygens (including phenoxy) is 1. The molecule has 2 aromatic rings. The Balaban J connectivity index is 1.66. The highest BCUT2D eigenvalue weighted by atomic mass is 32.1. The minimum Gasteiger partial charge on any atom is -0.463 e. The Labute approximate surface area is 150 Å². The van der Waals surface area contributed by atoms with Crippen molar-refractivity contribution in [2.75, 3.05) is 18.5 Å². The zero-order valence-electron chi connectivity index (χ0n) is 14.5. The molecule has 0 bridgehead atoms. The van der Waals surface area contributed by atoms with Crippen LogP contribution in [0.5, 0.6) is 0 Å². The summed E-state index contributed by atoms with van der Waals surface area (Å²) in [6, 6.07) is 3.78. The normalized spacial score (nSPS) is 14.2. The molecular formula is C18H23N2O4S+. The predicted molar refractivity (Wildman–Crippen MR) is 94.8 cm³/mol. The number of quaternary nitrogens is 1. The third-order valence-corrected chi connectivity index (χ3v) is 5.51. The van der Waals surface area contributed by atoms with Gasteiger partial charge in [0.1, 0.15) is 11.0 Å². The number of amides is 1. The van der Waals surface area contributed by atoms with E-state index in [0.29, 0.717) is 17.2 Å². The zero-order chi connectivity index (χ0) is 17.8. The fourth-order valence-electron chi connectivity index (χ4n) is 3.04. The maximum atomic E-state index is 12.3. The first-order valence-electron chi connectivity index (χ1n) is 8.58. The van der Waals surface area contributed by atoms with E-state index in [4.69, 9.17) is 9.15 Å². The fraction of sp³-hybridized carbons (Fsp3) is 0.444. The summed E-state index contributed by atoms with van der Waals surface area (Å²) in [5.74, 6) is 0.351. The van der Waals surface area contributed by atoms with Gasteiger partial charge in [0, 0.05) is 4.88 Å². The Morgan fingerprint density at radius 2 is 2.28 bits per heavy atom. The molecule has 1 amide bonds. The summed E-state index contributed by atoms with van der Waals surface area (Å²) in [7, 11) is 0. The van der Waals surface area contributed by atoms with E-state index >= 15 is 0 Å². The number of hydrogen-bond donors (Lipinski definition) is 2. The van der Waals surface area contributed by atoms with Crippen molar-refractivity contribution in [1.82, 2.24) is 0 Å². The summed E-state index contributed by atoms with van der Waals surface area (Å²) < 4.78 is 10.5. The number of carbonyl (C=O) groups excluding carboxylic acids is 2. The zero-order valence-corrected chi connectivity index (χ0v) is 15.3. The highest BCUT2D eigenvalue weighted by molar-refractivity contribution is 7.17. The Bertz CT molecular complexity index is 751. The number of thiophene rings is 1. The largest absolute Gasteiger partial charge is 0.463 e. The van der Waals surface area contributed by atoms with Crippen LogP contribution >= 0.6 is 11.3 Å². The third-order valence-electron chi connectivity index (χ3n) is 4.30. The first-order valence-corrected chi connectivity index (χ1v) is 9.40. The first-order chi connectivity index (χ1) is 12.1. The Hall–Kier alpha value is -2.12. The molecule has 0 unspecified atom stereocenters. The summed E-state index contributed by atoms with van der Waals surface area (Å²) in [5, 5.41) is 5.42. The minimum atomic E-state index is -0.342. The van der Waals surface area contributed by atoms with Crippen LogP contribution in [0.15, 0.2) is 22.8 Å². The molecule has 0 aromatic carbocycles. The fourth-order valence-corrected chi connectivity index (χ4v) is 4.33. The molecule has 1 aliphatic rings. The van der Waals surface area contributed by atoms with E-state index in [1.807, 2.05) is 24.4 Å². The molecule has 7 heteroatoms. The van der Waals surface area contributed by atoms with Crippen molar-refractivity contribution in [3.05, 3.63) is 40.2 Å². The molecule has 25 heavy (non-hydrogen) atoms. The smallest absolute Gasteiger partial charge is 0.341 e. The van der Waals surface area contributed by atoms with E-state index in [1.165, 1.54) is 16.2 Å². The van der Waals surface area contributed by atoms with Crippen molar-refractivity contribution in [1.29, 1.82) is 0 Å². The van der Waals surface area contributed by atoms with Gasteiger partial charge in [-0.2, -0.15) is 0 Å². The van der Waals surface area contributed by atoms with Gasteiger partial charge in [0.25, 0.3) is 5.91 Å². The molecule has 1 atom stereocenters. The Kier molecular flexibility index (Phi) is 5.55. The average molecular weight is 363 g/mol. The number of fused-ring (bicyclic) bond motifs is 1. The van der Waals surface area contributed by atoms with E-state index in [0.717, 1.165) is 30.6 Å². The van der Waals surface area contributed by atoms with Gasteiger partial charge in [-0.15, -0.1) is 11.3 Å². The van der Waals surface area contributed by atoms with Crippen LogP contribution in [0.3, 0.4) is 0 Å². The summed E-state index contributed by atoms with van der Waals surface area (Å²) in [4.78, 5) is 25.8. The Morgan fingerprint density at radius 3 is 3.00 bits per heavy atom. The molecule has 1 aliphatic carbocycles. The van der Waals surface area contributed by atoms with E-state index in [-0.39, 0.29) is 24.5 Å². The van der Waals surface area contributed by atoms with Gasteiger partial charge in [-0.3, -0.25) is 4.79 Å². The number of anilines is 1. The molecule has 134 valence electrons. The van der Waals surface area contributed by atoms with Crippen molar-refractivity contribution < 1.29 is 24.1 Å². The number of esters is 1. The summed E-state index contributed by atoms with van der Waals surface area (Å²) in [6.07, 6.45) is 4.51. The molecule has 2 aromatic heterocycles. The molecule has 0 saturated heterocycles. The standard InChI is InChI=1S/C18H22N2O4S/c1-3-23-18(22)16-12-6-4-8-14(12)25-17(16)20-15(21)10-19-11(2)13-7-5-9-24-13/h5,7,9,11,19H,3-4,6,8,10H2,1-2H3,(H,20,21)/p+1/t11-/m0/s1. The minimum absolute atomic E-state index is 0.0543. The van der Waals surface area contributed by atoms with E-state index in [9.17, 15) is 9.59 Å². The molecule has 0 radical (unpaired) electrons. The molecule has 3 rings (SSSR count). The number of furan rings is 1. The maximum absolute atomic E-state index is 12.3. The third kappa shape index (κ3) is 3.93. The number of aryl methyl sites for hydroxylation is 1. The van der Waals surface area contributed by atoms with Gasteiger partial charge in [0.2, 0.25) is 0 Å². The molecule has 3 N–H and O–H groups in total. The molecular weight excluding hydrogens is 340 g/mol. The second-order valence-electron chi connectivity index (χ2n) is 6.07. The van der Waals surface area contributed by atoms with Gasteiger partial charge in [-0.25, -0.2) is 4.79 Å². The van der Waals surface area contributed by atoms with Gasteiger partial charge in [-0.1, -0.05) is 0 Å². The molecule has 0 spiro atoms. The number of nitrogens with two attached hydrogens (primary N) is 1. The van der Waals surface area contributed by atoms with E-state index in [2.05, 4.69) is 5.32 Å². The lowest BCUT2D eigenvalue weighted by Gasteiger charge is -2.09. The van der Waals surface area contributed by atoms with Gasteiger partial charge in [-0.05, 0) is 50.8 Å². The summed E-state index contributed by atoms with van der Waals surface area (Å²) in [5.41, 5.74) is 1.60. The maximum Gasteiger partial charge on any atom is 0.341 e. The number of carbonyl (C=O) groups is 2. The number of hydrogen-bond acceptors (Lipinski definition) is 5. The number of nitrogens with one attached hydrogen (secondary N) is 1. The molecule has 0 aliphatic heterocycles. The van der Waals surface area contributed by atoms with E-state index < -0.39 is 0 Å².